The minimum atomic E-state index is -0.476. The molecule has 2 aliphatic heterocycles. The van der Waals surface area contributed by atoms with Gasteiger partial charge in [0.1, 0.15) is 16.9 Å². The van der Waals surface area contributed by atoms with Crippen LogP contribution in [0.1, 0.15) is 54.4 Å². The lowest BCUT2D eigenvalue weighted by Gasteiger charge is -2.38. The summed E-state index contributed by atoms with van der Waals surface area (Å²) in [5, 5.41) is 15.2. The SMILES string of the molecule is Cc1cnc(-c2nc3c(F)c(-c4cccc(Cl)c4C)c(CCC#N)cc3c3c2cc(C(C)n2ccncc2=O)n3[C@H]2[C@H]3CN[C@@H]2C3)cn1. The van der Waals surface area contributed by atoms with Crippen LogP contribution in [0, 0.1) is 36.9 Å². The van der Waals surface area contributed by atoms with Crippen LogP contribution in [0.5, 0.6) is 0 Å². The van der Waals surface area contributed by atoms with E-state index in [1.54, 1.807) is 35.4 Å². The van der Waals surface area contributed by atoms with Crippen molar-refractivity contribution in [2.45, 2.75) is 58.2 Å². The number of aryl methyl sites for hydroxylation is 2. The molecule has 0 spiro atoms. The van der Waals surface area contributed by atoms with Gasteiger partial charge in [-0.15, -0.1) is 0 Å². The Labute approximate surface area is 281 Å². The van der Waals surface area contributed by atoms with Crippen molar-refractivity contribution in [3.8, 4) is 28.6 Å². The first kappa shape index (κ1) is 30.4. The molecule has 1 N–H and O–H groups in total. The first-order valence-electron chi connectivity index (χ1n) is 16.1. The van der Waals surface area contributed by atoms with Gasteiger partial charge in [-0.25, -0.2) is 9.37 Å². The van der Waals surface area contributed by atoms with Crippen LogP contribution in [0.4, 0.5) is 4.39 Å². The molecule has 0 radical (unpaired) electrons. The summed E-state index contributed by atoms with van der Waals surface area (Å²) in [5.41, 5.74) is 6.03. The van der Waals surface area contributed by atoms with E-state index in [2.05, 4.69) is 32.0 Å². The second-order valence-corrected chi connectivity index (χ2v) is 13.3. The molecule has 1 aliphatic carbocycles. The average molecular weight is 659 g/mol. The Kier molecular flexibility index (Phi) is 7.35. The third kappa shape index (κ3) is 4.64. The van der Waals surface area contributed by atoms with Crippen LogP contribution in [0.3, 0.4) is 0 Å². The third-order valence-corrected chi connectivity index (χ3v) is 10.6. The van der Waals surface area contributed by atoms with Crippen molar-refractivity contribution < 1.29 is 4.39 Å². The molecule has 11 heteroatoms. The van der Waals surface area contributed by atoms with Gasteiger partial charge in [0, 0.05) is 64.7 Å². The molecule has 9 rings (SSSR count). The zero-order valence-corrected chi connectivity index (χ0v) is 27.5. The summed E-state index contributed by atoms with van der Waals surface area (Å²) in [6.45, 7) is 6.63. The molecule has 6 aromatic rings. The summed E-state index contributed by atoms with van der Waals surface area (Å²) in [7, 11) is 0. The lowest BCUT2D eigenvalue weighted by molar-refractivity contribution is 0.219. The maximum Gasteiger partial charge on any atom is 0.269 e. The number of nitrogens with zero attached hydrogens (tertiary/aromatic N) is 7. The number of rotatable bonds is 7. The fourth-order valence-corrected chi connectivity index (χ4v) is 7.90. The van der Waals surface area contributed by atoms with E-state index in [1.165, 1.54) is 6.20 Å². The Morgan fingerprint density at radius 3 is 2.73 bits per heavy atom. The maximum absolute atomic E-state index is 17.4. The van der Waals surface area contributed by atoms with Gasteiger partial charge in [0.15, 0.2) is 5.82 Å². The summed E-state index contributed by atoms with van der Waals surface area (Å²) in [5.74, 6) is -0.0933. The lowest BCUT2D eigenvalue weighted by atomic mass is 9.79. The molecule has 9 nitrogen and oxygen atoms in total. The van der Waals surface area contributed by atoms with Gasteiger partial charge in [-0.1, -0.05) is 23.7 Å². The minimum Gasteiger partial charge on any atom is -0.337 e. The number of halogens is 2. The predicted molar refractivity (Wildman–Crippen MR) is 183 cm³/mol. The quantitative estimate of drug-likeness (QED) is 0.199. The topological polar surface area (TPSA) is 114 Å². The van der Waals surface area contributed by atoms with Gasteiger partial charge in [0.2, 0.25) is 0 Å². The molecule has 2 aromatic carbocycles. The highest BCUT2D eigenvalue weighted by Gasteiger charge is 2.49. The largest absolute Gasteiger partial charge is 0.337 e. The fourth-order valence-electron chi connectivity index (χ4n) is 7.72. The molecule has 2 bridgehead atoms. The van der Waals surface area contributed by atoms with Crippen molar-refractivity contribution >= 4 is 33.4 Å². The van der Waals surface area contributed by atoms with Gasteiger partial charge in [0.25, 0.3) is 5.56 Å². The molecule has 4 aromatic heterocycles. The van der Waals surface area contributed by atoms with Crippen LogP contribution in [0.15, 0.2) is 66.1 Å². The molecule has 1 saturated carbocycles. The van der Waals surface area contributed by atoms with Gasteiger partial charge < -0.3 is 14.5 Å². The summed E-state index contributed by atoms with van der Waals surface area (Å²) in [6, 6.07) is 11.8. The van der Waals surface area contributed by atoms with Crippen molar-refractivity contribution in [3.05, 3.63) is 105 Å². The van der Waals surface area contributed by atoms with E-state index in [-0.39, 0.29) is 35.6 Å². The second-order valence-electron chi connectivity index (χ2n) is 12.9. The van der Waals surface area contributed by atoms with Crippen molar-refractivity contribution in [2.24, 2.45) is 5.92 Å². The van der Waals surface area contributed by atoms with E-state index in [9.17, 15) is 10.1 Å². The fraction of sp³-hybridized carbons (Fsp3) is 0.297. The van der Waals surface area contributed by atoms with Crippen molar-refractivity contribution in [3.63, 3.8) is 0 Å². The molecule has 1 unspecified atom stereocenters. The van der Waals surface area contributed by atoms with Gasteiger partial charge >= 0.3 is 0 Å². The highest BCUT2D eigenvalue weighted by molar-refractivity contribution is 6.31. The van der Waals surface area contributed by atoms with Crippen LogP contribution in [-0.2, 0) is 6.42 Å². The van der Waals surface area contributed by atoms with Crippen LogP contribution < -0.4 is 10.9 Å². The predicted octanol–water partition coefficient (Wildman–Crippen LogP) is 6.88. The van der Waals surface area contributed by atoms with Crippen molar-refractivity contribution in [2.75, 3.05) is 6.54 Å². The van der Waals surface area contributed by atoms with Crippen LogP contribution in [0.2, 0.25) is 5.02 Å². The molecular weight excluding hydrogens is 627 g/mol. The summed E-state index contributed by atoms with van der Waals surface area (Å²) in [6.07, 6.45) is 9.60. The Bertz CT molecular complexity index is 2350. The molecule has 4 atom stereocenters. The maximum atomic E-state index is 17.4. The zero-order chi connectivity index (χ0) is 33.3. The first-order valence-corrected chi connectivity index (χ1v) is 16.5. The first-order chi connectivity index (χ1) is 23.3. The van der Waals surface area contributed by atoms with Gasteiger partial charge in [-0.05, 0) is 74.4 Å². The lowest BCUT2D eigenvalue weighted by Crippen LogP contribution is -2.40. The van der Waals surface area contributed by atoms with E-state index in [1.807, 2.05) is 39.0 Å². The monoisotopic (exact) mass is 658 g/mol. The Hall–Kier alpha value is -4.98. The van der Waals surface area contributed by atoms with Crippen LogP contribution >= 0.6 is 11.6 Å². The number of fused-ring (bicyclic) bond motifs is 4. The Morgan fingerprint density at radius 2 is 2.02 bits per heavy atom. The number of benzene rings is 2. The van der Waals surface area contributed by atoms with Crippen molar-refractivity contribution in [1.82, 2.24) is 34.4 Å². The molecular formula is C37H32ClFN8O. The molecule has 6 heterocycles. The van der Waals surface area contributed by atoms with Gasteiger partial charge in [0.05, 0.1) is 41.8 Å². The van der Waals surface area contributed by atoms with E-state index in [4.69, 9.17) is 21.6 Å². The number of hydrogen-bond acceptors (Lipinski definition) is 7. The summed E-state index contributed by atoms with van der Waals surface area (Å²) in [4.78, 5) is 31.3. The molecule has 0 amide bonds. The number of pyridine rings is 1. The van der Waals surface area contributed by atoms with E-state index >= 15 is 4.39 Å². The highest BCUT2D eigenvalue weighted by atomic mass is 35.5. The Morgan fingerprint density at radius 1 is 1.17 bits per heavy atom. The number of aromatic nitrogens is 6. The molecule has 2 saturated heterocycles. The standard InChI is InChI=1S/C37H32ClFN8O/c1-19-15-43-29(17-42-19)34-26-14-30(21(3)46-11-10-41-18-31(46)48)47(36-23-13-28(36)44-16-23)37(26)25-12-22(6-5-9-40)32(33(39)35(25)45-34)24-7-4-8-27(38)20(24)2/h4,7-8,10-12,14-15,17-18,21,23,28,36,44H,5-6,13,16H2,1-3H3/t21?,23-,28-,36+/m1/s1. The van der Waals surface area contributed by atoms with E-state index in [0.717, 1.165) is 40.8 Å². The Balaban J connectivity index is 1.53. The molecule has 240 valence electrons. The van der Waals surface area contributed by atoms with Crippen LogP contribution in [-0.4, -0.2) is 41.7 Å². The summed E-state index contributed by atoms with van der Waals surface area (Å²) >= 11 is 6.55. The minimum absolute atomic E-state index is 0.0977. The highest BCUT2D eigenvalue weighted by Crippen LogP contribution is 2.50. The average Bonchev–Trinajstić information content (AvgIpc) is 3.82. The van der Waals surface area contributed by atoms with E-state index < -0.39 is 5.82 Å². The molecule has 3 aliphatic rings. The number of nitrogens with one attached hydrogen (secondary N) is 1. The normalized spacial score (nSPS) is 19.0. The third-order valence-electron chi connectivity index (χ3n) is 10.2. The van der Waals surface area contributed by atoms with E-state index in [0.29, 0.717) is 50.8 Å². The smallest absolute Gasteiger partial charge is 0.269 e. The van der Waals surface area contributed by atoms with Gasteiger partial charge in [-0.3, -0.25) is 19.7 Å². The molecule has 3 fully saturated rings. The van der Waals surface area contributed by atoms with Crippen molar-refractivity contribution in [1.29, 1.82) is 5.26 Å². The number of hydrogen-bond donors (Lipinski definition) is 1. The summed E-state index contributed by atoms with van der Waals surface area (Å²) < 4.78 is 21.4. The van der Waals surface area contributed by atoms with Gasteiger partial charge in [-0.2, -0.15) is 5.26 Å². The van der Waals surface area contributed by atoms with Crippen LogP contribution in [0.25, 0.3) is 44.3 Å². The zero-order valence-electron chi connectivity index (χ0n) is 26.7. The molecule has 48 heavy (non-hydrogen) atoms. The number of nitriles is 1. The second kappa shape index (κ2) is 11.6.